The number of carbonyl (C=O) groups excluding carboxylic acids is 1. The van der Waals surface area contributed by atoms with Gasteiger partial charge in [0.25, 0.3) is 0 Å². The van der Waals surface area contributed by atoms with Crippen LogP contribution in [0.25, 0.3) is 22.2 Å². The minimum Gasteiger partial charge on any atom is -0.487 e. The van der Waals surface area contributed by atoms with Crippen molar-refractivity contribution in [1.29, 1.82) is 5.26 Å². The number of ether oxygens (including phenoxy) is 1. The Labute approximate surface area is 198 Å². The molecule has 0 atom stereocenters. The van der Waals surface area contributed by atoms with Gasteiger partial charge in [-0.2, -0.15) is 10.4 Å². The third-order valence-corrected chi connectivity index (χ3v) is 5.64. The van der Waals surface area contributed by atoms with E-state index >= 15 is 0 Å². The number of nitriles is 1. The van der Waals surface area contributed by atoms with Gasteiger partial charge >= 0.3 is 0 Å². The first-order chi connectivity index (χ1) is 16.4. The van der Waals surface area contributed by atoms with Crippen LogP contribution in [0.1, 0.15) is 36.2 Å². The Morgan fingerprint density at radius 3 is 2.79 bits per heavy atom. The van der Waals surface area contributed by atoms with E-state index in [1.807, 2.05) is 62.8 Å². The number of nitrogens with zero attached hydrogens (tertiary/aromatic N) is 5. The van der Waals surface area contributed by atoms with Gasteiger partial charge in [0.05, 0.1) is 11.3 Å². The van der Waals surface area contributed by atoms with Crippen LogP contribution in [-0.2, 0) is 25.0 Å². The summed E-state index contributed by atoms with van der Waals surface area (Å²) in [5, 5.41) is 17.8. The lowest BCUT2D eigenvalue weighted by atomic mass is 10.0. The molecule has 4 aromatic rings. The minimum atomic E-state index is -0.134. The molecule has 1 aromatic carbocycles. The van der Waals surface area contributed by atoms with Gasteiger partial charge in [-0.1, -0.05) is 26.0 Å². The fraction of sp³-hybridized carbons (Fsp3) is 0.269. The Hall–Kier alpha value is -4.25. The average molecular weight is 455 g/mol. The highest BCUT2D eigenvalue weighted by molar-refractivity contribution is 5.97. The summed E-state index contributed by atoms with van der Waals surface area (Å²) in [4.78, 5) is 20.9. The van der Waals surface area contributed by atoms with Gasteiger partial charge in [-0.15, -0.1) is 0 Å². The zero-order chi connectivity index (χ0) is 24.2. The molecule has 8 heteroatoms. The number of para-hydroxylation sites is 1. The molecule has 1 N–H and O–H groups in total. The van der Waals surface area contributed by atoms with Crippen molar-refractivity contribution >= 4 is 16.8 Å². The van der Waals surface area contributed by atoms with E-state index in [1.165, 1.54) is 6.20 Å². The van der Waals surface area contributed by atoms with Crippen molar-refractivity contribution in [3.63, 3.8) is 0 Å². The summed E-state index contributed by atoms with van der Waals surface area (Å²) in [6.45, 7) is 6.03. The van der Waals surface area contributed by atoms with Crippen molar-refractivity contribution in [2.24, 2.45) is 13.0 Å². The van der Waals surface area contributed by atoms with Crippen molar-refractivity contribution in [1.82, 2.24) is 25.1 Å². The van der Waals surface area contributed by atoms with Crippen molar-refractivity contribution in [2.75, 3.05) is 0 Å². The van der Waals surface area contributed by atoms with E-state index in [-0.39, 0.29) is 25.0 Å². The van der Waals surface area contributed by atoms with Crippen LogP contribution in [0.15, 0.2) is 48.9 Å². The first-order valence-electron chi connectivity index (χ1n) is 11.0. The van der Waals surface area contributed by atoms with Gasteiger partial charge in [-0.05, 0) is 30.7 Å². The molecule has 0 radical (unpaired) electrons. The maximum absolute atomic E-state index is 12.1. The molecule has 0 spiro atoms. The molecule has 3 heterocycles. The maximum Gasteiger partial charge on any atom is 0.222 e. The Kier molecular flexibility index (Phi) is 6.55. The van der Waals surface area contributed by atoms with Crippen LogP contribution in [-0.4, -0.2) is 25.7 Å². The highest BCUT2D eigenvalue weighted by Crippen LogP contribution is 2.33. The molecular formula is C26H26N6O2. The fourth-order valence-electron chi connectivity index (χ4n) is 3.80. The average Bonchev–Trinajstić information content (AvgIpc) is 3.26. The van der Waals surface area contributed by atoms with Crippen molar-refractivity contribution in [2.45, 2.75) is 33.9 Å². The van der Waals surface area contributed by atoms with Crippen LogP contribution in [0.5, 0.6) is 5.75 Å². The van der Waals surface area contributed by atoms with E-state index in [0.717, 1.165) is 33.4 Å². The second-order valence-corrected chi connectivity index (χ2v) is 8.40. The van der Waals surface area contributed by atoms with Crippen LogP contribution in [0.2, 0.25) is 0 Å². The van der Waals surface area contributed by atoms with Crippen LogP contribution in [0, 0.1) is 24.2 Å². The summed E-state index contributed by atoms with van der Waals surface area (Å²) < 4.78 is 8.05. The molecule has 0 aliphatic rings. The van der Waals surface area contributed by atoms with E-state index in [2.05, 4.69) is 21.5 Å². The van der Waals surface area contributed by atoms with Gasteiger partial charge in [-0.3, -0.25) is 14.5 Å². The van der Waals surface area contributed by atoms with E-state index in [9.17, 15) is 10.1 Å². The van der Waals surface area contributed by atoms with Gasteiger partial charge in [0, 0.05) is 60.3 Å². The zero-order valence-corrected chi connectivity index (χ0v) is 19.7. The molecule has 0 unspecified atom stereocenters. The van der Waals surface area contributed by atoms with Gasteiger partial charge in [-0.25, -0.2) is 4.98 Å². The first-order valence-corrected chi connectivity index (χ1v) is 11.0. The van der Waals surface area contributed by atoms with Crippen molar-refractivity contribution < 1.29 is 9.53 Å². The molecule has 0 saturated heterocycles. The molecule has 0 aliphatic carbocycles. The molecule has 4 rings (SSSR count). The quantitative estimate of drug-likeness (QED) is 0.451. The van der Waals surface area contributed by atoms with E-state index < -0.39 is 0 Å². The Morgan fingerprint density at radius 1 is 1.26 bits per heavy atom. The molecule has 8 nitrogen and oxygen atoms in total. The molecule has 1 amide bonds. The summed E-state index contributed by atoms with van der Waals surface area (Å²) >= 11 is 0. The molecule has 0 fully saturated rings. The largest absolute Gasteiger partial charge is 0.487 e. The topological polar surface area (TPSA) is 106 Å². The lowest BCUT2D eigenvalue weighted by Gasteiger charge is -2.15. The molecule has 0 saturated carbocycles. The summed E-state index contributed by atoms with van der Waals surface area (Å²) in [6.07, 6.45) is 4.94. The number of amides is 1. The van der Waals surface area contributed by atoms with E-state index in [0.29, 0.717) is 16.9 Å². The summed E-state index contributed by atoms with van der Waals surface area (Å²) in [7, 11) is 1.91. The predicted molar refractivity (Wildman–Crippen MR) is 129 cm³/mol. The second kappa shape index (κ2) is 9.71. The standard InChI is InChI=1S/C26H26N6O2/c1-16(2)26(33)29-14-19-13-28-12-18(11-27)22(19)15-34-24-7-5-6-20-21(10-17(3)31-25(20)24)23-8-9-30-32(23)4/h5-10,12-13,16H,14-15H2,1-4H3,(H,29,33). The molecule has 0 bridgehead atoms. The third kappa shape index (κ3) is 4.59. The maximum atomic E-state index is 12.1. The molecule has 0 aliphatic heterocycles. The highest BCUT2D eigenvalue weighted by Gasteiger charge is 2.16. The molecule has 3 aromatic heterocycles. The molecule has 34 heavy (non-hydrogen) atoms. The number of aryl methyl sites for hydroxylation is 2. The number of carbonyl (C=O) groups is 1. The van der Waals surface area contributed by atoms with Crippen LogP contribution in [0.3, 0.4) is 0 Å². The monoisotopic (exact) mass is 454 g/mol. The second-order valence-electron chi connectivity index (χ2n) is 8.40. The number of nitrogens with one attached hydrogen (secondary N) is 1. The fourth-order valence-corrected chi connectivity index (χ4v) is 3.80. The van der Waals surface area contributed by atoms with Gasteiger partial charge in [0.1, 0.15) is 23.9 Å². The number of aromatic nitrogens is 4. The lowest BCUT2D eigenvalue weighted by Crippen LogP contribution is -2.27. The van der Waals surface area contributed by atoms with Crippen LogP contribution < -0.4 is 10.1 Å². The van der Waals surface area contributed by atoms with Gasteiger partial charge in [0.2, 0.25) is 5.91 Å². The van der Waals surface area contributed by atoms with Crippen molar-refractivity contribution in [3.8, 4) is 23.1 Å². The van der Waals surface area contributed by atoms with Crippen molar-refractivity contribution in [3.05, 3.63) is 71.3 Å². The predicted octanol–water partition coefficient (Wildman–Crippen LogP) is 4.06. The highest BCUT2D eigenvalue weighted by atomic mass is 16.5. The number of pyridine rings is 2. The first kappa shape index (κ1) is 22.9. The number of hydrogen-bond acceptors (Lipinski definition) is 6. The SMILES string of the molecule is Cc1cc(-c2ccnn2C)c2cccc(OCc3c(C#N)cncc3CNC(=O)C(C)C)c2n1. The van der Waals surface area contributed by atoms with Gasteiger partial charge in [0.15, 0.2) is 0 Å². The summed E-state index contributed by atoms with van der Waals surface area (Å²) in [6, 6.07) is 12.0. The number of fused-ring (bicyclic) bond motifs is 1. The summed E-state index contributed by atoms with van der Waals surface area (Å²) in [5.74, 6) is 0.415. The molecular weight excluding hydrogens is 428 g/mol. The van der Waals surface area contributed by atoms with E-state index in [4.69, 9.17) is 9.72 Å². The Balaban J connectivity index is 1.69. The smallest absolute Gasteiger partial charge is 0.222 e. The number of hydrogen-bond donors (Lipinski definition) is 1. The normalized spacial score (nSPS) is 10.9. The molecule has 172 valence electrons. The zero-order valence-electron chi connectivity index (χ0n) is 19.7. The van der Waals surface area contributed by atoms with Gasteiger partial charge < -0.3 is 10.1 Å². The lowest BCUT2D eigenvalue weighted by molar-refractivity contribution is -0.124. The number of rotatable bonds is 7. The minimum absolute atomic E-state index is 0.0642. The number of benzene rings is 1. The summed E-state index contributed by atoms with van der Waals surface area (Å²) in [5.41, 5.74) is 5.45. The van der Waals surface area contributed by atoms with Crippen LogP contribution in [0.4, 0.5) is 0 Å². The Morgan fingerprint density at radius 2 is 2.09 bits per heavy atom. The van der Waals surface area contributed by atoms with Crippen LogP contribution >= 0.6 is 0 Å². The Bertz CT molecular complexity index is 1400. The third-order valence-electron chi connectivity index (χ3n) is 5.64. The van der Waals surface area contributed by atoms with E-state index in [1.54, 1.807) is 12.4 Å².